The number of quaternary nitrogens is 2. The van der Waals surface area contributed by atoms with Crippen molar-refractivity contribution in [3.8, 4) is 0 Å². The highest BCUT2D eigenvalue weighted by atomic mass is 32.2. The van der Waals surface area contributed by atoms with E-state index in [1.54, 1.807) is 4.90 Å². The topological polar surface area (TPSA) is 72.1 Å². The first kappa shape index (κ1) is 19.3. The molecule has 0 spiro atoms. The van der Waals surface area contributed by atoms with E-state index in [0.29, 0.717) is 13.0 Å². The Morgan fingerprint density at radius 2 is 1.81 bits per heavy atom. The lowest BCUT2D eigenvalue weighted by Gasteiger charge is -2.31. The zero-order chi connectivity index (χ0) is 18.8. The minimum atomic E-state index is -3.00. The Morgan fingerprint density at radius 3 is 2.42 bits per heavy atom. The first-order chi connectivity index (χ1) is 12.2. The van der Waals surface area contributed by atoms with Crippen LogP contribution in [0.2, 0.25) is 0 Å². The van der Waals surface area contributed by atoms with Gasteiger partial charge < -0.3 is 15.1 Å². The van der Waals surface area contributed by atoms with E-state index in [1.165, 1.54) is 16.0 Å². The fourth-order valence-corrected chi connectivity index (χ4v) is 6.20. The molecule has 3 N–H and O–H groups in total. The van der Waals surface area contributed by atoms with E-state index in [9.17, 15) is 13.2 Å². The predicted octanol–water partition coefficient (Wildman–Crippen LogP) is -2.03. The van der Waals surface area contributed by atoms with Crippen molar-refractivity contribution in [3.63, 3.8) is 0 Å². The lowest BCUT2D eigenvalue weighted by molar-refractivity contribution is -1.02. The van der Waals surface area contributed by atoms with Crippen LogP contribution in [0.3, 0.4) is 0 Å². The van der Waals surface area contributed by atoms with Crippen LogP contribution in [0.15, 0.2) is 24.3 Å². The molecule has 0 unspecified atom stereocenters. The summed E-state index contributed by atoms with van der Waals surface area (Å²) in [7, 11) is -3.00. The minimum absolute atomic E-state index is 0.0260. The molecule has 6 nitrogen and oxygen atoms in total. The minimum Gasteiger partial charge on any atom is -0.345 e. The second-order valence-electron chi connectivity index (χ2n) is 8.23. The number of nitrogens with one attached hydrogen (secondary N) is 3. The van der Waals surface area contributed by atoms with Crippen LogP contribution >= 0.6 is 0 Å². The second kappa shape index (κ2) is 7.66. The molecular formula is C19H31N3O3S+2. The van der Waals surface area contributed by atoms with Crippen LogP contribution in [-0.2, 0) is 21.2 Å². The third kappa shape index (κ3) is 5.05. The van der Waals surface area contributed by atoms with Gasteiger partial charge in [-0.25, -0.2) is 8.42 Å². The largest absolute Gasteiger partial charge is 0.345 e. The number of sulfone groups is 1. The van der Waals surface area contributed by atoms with Crippen molar-refractivity contribution in [1.29, 1.82) is 0 Å². The maximum atomic E-state index is 12.4. The van der Waals surface area contributed by atoms with Gasteiger partial charge in [0.15, 0.2) is 16.4 Å². The molecule has 2 saturated heterocycles. The van der Waals surface area contributed by atoms with Crippen LogP contribution in [0.4, 0.5) is 0 Å². The first-order valence-corrected chi connectivity index (χ1v) is 11.3. The summed E-state index contributed by atoms with van der Waals surface area (Å²) in [5.41, 5.74) is 2.15. The molecule has 2 heterocycles. The Labute approximate surface area is 156 Å². The predicted molar refractivity (Wildman–Crippen MR) is 101 cm³/mol. The molecule has 7 heteroatoms. The van der Waals surface area contributed by atoms with Gasteiger partial charge in [-0.3, -0.25) is 4.79 Å². The summed E-state index contributed by atoms with van der Waals surface area (Å²) in [6, 6.07) is 8.53. The molecule has 2 aliphatic rings. The summed E-state index contributed by atoms with van der Waals surface area (Å²) in [5.74, 6) is 0.217. The Hall–Kier alpha value is -1.44. The molecule has 26 heavy (non-hydrogen) atoms. The van der Waals surface area contributed by atoms with Gasteiger partial charge in [-0.05, 0) is 25.8 Å². The average molecular weight is 382 g/mol. The highest BCUT2D eigenvalue weighted by Gasteiger charge is 2.40. The van der Waals surface area contributed by atoms with E-state index in [4.69, 9.17) is 0 Å². The molecule has 1 atom stereocenters. The Morgan fingerprint density at radius 1 is 1.15 bits per heavy atom. The summed E-state index contributed by atoms with van der Waals surface area (Å²) in [4.78, 5) is 15.2. The van der Waals surface area contributed by atoms with Crippen LogP contribution < -0.4 is 15.1 Å². The average Bonchev–Trinajstić information content (AvgIpc) is 2.84. The van der Waals surface area contributed by atoms with Crippen LogP contribution in [0.1, 0.15) is 24.5 Å². The molecule has 0 radical (unpaired) electrons. The Balaban J connectivity index is 1.44. The van der Waals surface area contributed by atoms with Gasteiger partial charge in [0.2, 0.25) is 0 Å². The summed E-state index contributed by atoms with van der Waals surface area (Å²) < 4.78 is 23.3. The Bertz CT molecular complexity index is 757. The molecule has 3 rings (SSSR count). The molecule has 0 aliphatic carbocycles. The fraction of sp³-hybridized carbons (Fsp3) is 0.632. The lowest BCUT2D eigenvalue weighted by atomic mass is 10.0. The molecule has 2 aliphatic heterocycles. The molecule has 144 valence electrons. The molecule has 0 aromatic heterocycles. The number of carbonyl (C=O) groups excluding carboxylic acids is 1. The fourth-order valence-electron chi connectivity index (χ4n) is 4.11. The van der Waals surface area contributed by atoms with E-state index in [1.807, 2.05) is 6.92 Å². The Kier molecular flexibility index (Phi) is 5.69. The third-order valence-electron chi connectivity index (χ3n) is 5.72. The molecular weight excluding hydrogens is 350 g/mol. The summed E-state index contributed by atoms with van der Waals surface area (Å²) in [6.45, 7) is 9.55. The van der Waals surface area contributed by atoms with Crippen LogP contribution in [0.25, 0.3) is 0 Å². The number of piperazine rings is 1. The number of rotatable bonds is 5. The van der Waals surface area contributed by atoms with Gasteiger partial charge in [-0.15, -0.1) is 0 Å². The lowest BCUT2D eigenvalue weighted by Crippen LogP contribution is -3.28. The van der Waals surface area contributed by atoms with Gasteiger partial charge in [0.1, 0.15) is 32.7 Å². The maximum Gasteiger partial charge on any atom is 0.275 e. The number of hydrogen-bond acceptors (Lipinski definition) is 3. The number of hydrogen-bond donors (Lipinski definition) is 3. The van der Waals surface area contributed by atoms with E-state index in [-0.39, 0.29) is 17.4 Å². The van der Waals surface area contributed by atoms with Crippen molar-refractivity contribution < 1.29 is 23.0 Å². The van der Waals surface area contributed by atoms with E-state index < -0.39 is 15.4 Å². The summed E-state index contributed by atoms with van der Waals surface area (Å²) in [6.07, 6.45) is 0.519. The number of benzene rings is 1. The van der Waals surface area contributed by atoms with Gasteiger partial charge in [-0.2, -0.15) is 0 Å². The smallest absolute Gasteiger partial charge is 0.275 e. The molecule has 0 bridgehead atoms. The summed E-state index contributed by atoms with van der Waals surface area (Å²) >= 11 is 0. The van der Waals surface area contributed by atoms with Gasteiger partial charge in [-0.1, -0.05) is 24.3 Å². The van der Waals surface area contributed by atoms with E-state index in [0.717, 1.165) is 32.7 Å². The van der Waals surface area contributed by atoms with Gasteiger partial charge in [0, 0.05) is 5.56 Å². The normalized spacial score (nSPS) is 30.8. The van der Waals surface area contributed by atoms with Crippen molar-refractivity contribution in [1.82, 2.24) is 5.32 Å². The molecule has 1 aromatic carbocycles. The number of carbonyl (C=O) groups is 1. The first-order valence-electron chi connectivity index (χ1n) is 9.48. The number of amides is 1. The van der Waals surface area contributed by atoms with E-state index in [2.05, 4.69) is 36.5 Å². The SMILES string of the molecule is Cc1ccccc1C[NH+]1CC[NH+](CC(=O)N[C@@]2(C)CCS(=O)(=O)C2)CC1. The zero-order valence-corrected chi connectivity index (χ0v) is 16.6. The van der Waals surface area contributed by atoms with Crippen molar-refractivity contribution in [3.05, 3.63) is 35.4 Å². The quantitative estimate of drug-likeness (QED) is 0.551. The molecule has 2 fully saturated rings. The second-order valence-corrected chi connectivity index (χ2v) is 10.4. The van der Waals surface area contributed by atoms with Crippen molar-refractivity contribution >= 4 is 15.7 Å². The standard InChI is InChI=1S/C19H29N3O3S/c1-16-5-3-4-6-17(16)13-21-8-10-22(11-9-21)14-18(23)20-19(2)7-12-26(24,25)15-19/h3-6H,7-15H2,1-2H3,(H,20,23)/p+2/t19-/m0/s1. The third-order valence-corrected chi connectivity index (χ3v) is 7.62. The monoisotopic (exact) mass is 381 g/mol. The highest BCUT2D eigenvalue weighted by Crippen LogP contribution is 2.22. The van der Waals surface area contributed by atoms with Crippen LogP contribution in [0.5, 0.6) is 0 Å². The van der Waals surface area contributed by atoms with Gasteiger partial charge in [0.05, 0.1) is 17.0 Å². The zero-order valence-electron chi connectivity index (χ0n) is 15.8. The van der Waals surface area contributed by atoms with Gasteiger partial charge in [0.25, 0.3) is 5.91 Å². The van der Waals surface area contributed by atoms with E-state index >= 15 is 0 Å². The molecule has 0 saturated carbocycles. The summed E-state index contributed by atoms with van der Waals surface area (Å²) in [5, 5.41) is 2.97. The van der Waals surface area contributed by atoms with Crippen LogP contribution in [-0.4, -0.2) is 64.1 Å². The maximum absolute atomic E-state index is 12.4. The van der Waals surface area contributed by atoms with Gasteiger partial charge >= 0.3 is 0 Å². The number of aryl methyl sites for hydroxylation is 1. The van der Waals surface area contributed by atoms with Crippen molar-refractivity contribution in [2.24, 2.45) is 0 Å². The van der Waals surface area contributed by atoms with Crippen LogP contribution in [0, 0.1) is 6.92 Å². The van der Waals surface area contributed by atoms with Crippen molar-refractivity contribution in [2.75, 3.05) is 44.2 Å². The van der Waals surface area contributed by atoms with Crippen molar-refractivity contribution in [2.45, 2.75) is 32.4 Å². The molecule has 1 amide bonds. The molecule has 1 aromatic rings. The highest BCUT2D eigenvalue weighted by molar-refractivity contribution is 7.91.